The van der Waals surface area contributed by atoms with Gasteiger partial charge in [0.1, 0.15) is 23.4 Å². The fourth-order valence-electron chi connectivity index (χ4n) is 5.47. The van der Waals surface area contributed by atoms with Gasteiger partial charge >= 0.3 is 11.6 Å². The van der Waals surface area contributed by atoms with Crippen molar-refractivity contribution in [3.8, 4) is 0 Å². The van der Waals surface area contributed by atoms with Crippen molar-refractivity contribution in [1.82, 2.24) is 0 Å². The topological polar surface area (TPSA) is 117 Å². The van der Waals surface area contributed by atoms with Crippen LogP contribution in [0.5, 0.6) is 0 Å². The second-order valence-electron chi connectivity index (χ2n) is 7.81. The van der Waals surface area contributed by atoms with E-state index in [0.29, 0.717) is 24.2 Å². The van der Waals surface area contributed by atoms with E-state index in [1.54, 1.807) is 13.8 Å². The van der Waals surface area contributed by atoms with Crippen LogP contribution in [-0.2, 0) is 27.8 Å². The maximum Gasteiger partial charge on any atom is 0.336 e. The number of aryl methyl sites for hydroxylation is 1. The summed E-state index contributed by atoms with van der Waals surface area (Å²) in [4.78, 5) is 24.6. The van der Waals surface area contributed by atoms with E-state index in [1.807, 2.05) is 6.92 Å². The molecular formula is C18H22O7. The Bertz CT molecular complexity index is 814. The minimum absolute atomic E-state index is 0.361. The van der Waals surface area contributed by atoms with Crippen LogP contribution in [0.25, 0.3) is 0 Å². The molecule has 2 aliphatic carbocycles. The molecule has 3 aliphatic rings. The first-order valence-corrected chi connectivity index (χ1v) is 8.59. The summed E-state index contributed by atoms with van der Waals surface area (Å²) in [6.45, 7) is 5.14. The van der Waals surface area contributed by atoms with E-state index in [0.717, 1.165) is 5.56 Å². The SMILES string of the molecule is CCc1oc(=O)cc2c1CC1OC(=O)[C@]3(C)C1[C@]2(C)[C@H](O)[C@H](O)[C@@H]3O. The Kier molecular flexibility index (Phi) is 3.30. The monoisotopic (exact) mass is 350 g/mol. The first kappa shape index (κ1) is 16.8. The molecule has 0 bridgehead atoms. The standard InChI is InChI=1S/C18H22O7/c1-4-9-7-5-10-13-17(2,8(7)6-11(19)24-9)14(21)12(20)15(22)18(13,3)16(23)25-10/h6,10,12-15,20-22H,4-5H2,1-3H3/t10?,12-,13?,14+,15-,17+,18+/m0/s1. The Morgan fingerprint density at radius 1 is 1.16 bits per heavy atom. The second kappa shape index (κ2) is 4.93. The molecule has 7 nitrogen and oxygen atoms in total. The average Bonchev–Trinajstić information content (AvgIpc) is 2.84. The zero-order chi connectivity index (χ0) is 18.3. The lowest BCUT2D eigenvalue weighted by atomic mass is 9.47. The summed E-state index contributed by atoms with van der Waals surface area (Å²) in [6.07, 6.45) is -4.02. The predicted octanol–water partition coefficient (Wildman–Crippen LogP) is -0.340. The largest absolute Gasteiger partial charge is 0.461 e. The molecule has 7 heteroatoms. The first-order chi connectivity index (χ1) is 11.7. The van der Waals surface area contributed by atoms with E-state index < -0.39 is 52.8 Å². The van der Waals surface area contributed by atoms with Gasteiger partial charge in [-0.05, 0) is 18.1 Å². The molecule has 0 amide bonds. The lowest BCUT2D eigenvalue weighted by molar-refractivity contribution is -0.197. The van der Waals surface area contributed by atoms with Crippen LogP contribution in [0.4, 0.5) is 0 Å². The smallest absolute Gasteiger partial charge is 0.336 e. The van der Waals surface area contributed by atoms with E-state index in [4.69, 9.17) is 9.15 Å². The lowest BCUT2D eigenvalue weighted by Crippen LogP contribution is -2.69. The number of ether oxygens (including phenoxy) is 1. The number of hydrogen-bond donors (Lipinski definition) is 3. The number of hydrogen-bond acceptors (Lipinski definition) is 7. The number of carbonyl (C=O) groups excluding carboxylic acids is 1. The van der Waals surface area contributed by atoms with Gasteiger partial charge in [-0.1, -0.05) is 13.8 Å². The predicted molar refractivity (Wildman–Crippen MR) is 84.9 cm³/mol. The van der Waals surface area contributed by atoms with Crippen LogP contribution in [0.3, 0.4) is 0 Å². The van der Waals surface area contributed by atoms with E-state index in [2.05, 4.69) is 0 Å². The zero-order valence-corrected chi connectivity index (χ0v) is 14.4. The van der Waals surface area contributed by atoms with Crippen molar-refractivity contribution < 1.29 is 29.3 Å². The molecule has 2 fully saturated rings. The van der Waals surface area contributed by atoms with E-state index in [-0.39, 0.29) is 0 Å². The molecule has 2 unspecified atom stereocenters. The highest BCUT2D eigenvalue weighted by Gasteiger charge is 2.73. The second-order valence-corrected chi connectivity index (χ2v) is 7.81. The first-order valence-electron chi connectivity index (χ1n) is 8.59. The fraction of sp³-hybridized carbons (Fsp3) is 0.667. The highest BCUT2D eigenvalue weighted by Crippen LogP contribution is 2.61. The molecule has 3 N–H and O–H groups in total. The quantitative estimate of drug-likeness (QED) is 0.593. The lowest BCUT2D eigenvalue weighted by Gasteiger charge is -2.56. The molecule has 1 aliphatic heterocycles. The van der Waals surface area contributed by atoms with Gasteiger partial charge < -0.3 is 24.5 Å². The number of carbonyl (C=O) groups is 1. The van der Waals surface area contributed by atoms with Crippen molar-refractivity contribution in [2.45, 2.75) is 63.4 Å². The number of aliphatic hydroxyl groups excluding tert-OH is 3. The average molecular weight is 350 g/mol. The Morgan fingerprint density at radius 3 is 2.44 bits per heavy atom. The van der Waals surface area contributed by atoms with Crippen molar-refractivity contribution >= 4 is 5.97 Å². The van der Waals surface area contributed by atoms with Crippen LogP contribution in [-0.4, -0.2) is 45.7 Å². The zero-order valence-electron chi connectivity index (χ0n) is 14.4. The van der Waals surface area contributed by atoms with Crippen LogP contribution < -0.4 is 5.63 Å². The van der Waals surface area contributed by atoms with Gasteiger partial charge in [0, 0.05) is 30.2 Å². The number of rotatable bonds is 1. The molecule has 1 aromatic heterocycles. The van der Waals surface area contributed by atoms with Crippen molar-refractivity contribution in [2.75, 3.05) is 0 Å². The molecule has 0 aromatic carbocycles. The minimum atomic E-state index is -1.53. The summed E-state index contributed by atoms with van der Waals surface area (Å²) in [6, 6.07) is 1.33. The third-order valence-corrected chi connectivity index (χ3v) is 6.69. The van der Waals surface area contributed by atoms with Gasteiger partial charge in [0.25, 0.3) is 0 Å². The van der Waals surface area contributed by atoms with E-state index in [1.165, 1.54) is 6.07 Å². The molecular weight excluding hydrogens is 328 g/mol. The summed E-state index contributed by atoms with van der Waals surface area (Å²) in [5.74, 6) is -0.642. The van der Waals surface area contributed by atoms with E-state index in [9.17, 15) is 24.9 Å². The van der Waals surface area contributed by atoms with Gasteiger partial charge in [0.15, 0.2) is 0 Å². The third-order valence-electron chi connectivity index (χ3n) is 6.69. The van der Waals surface area contributed by atoms with Crippen molar-refractivity contribution in [3.63, 3.8) is 0 Å². The molecule has 1 aromatic rings. The van der Waals surface area contributed by atoms with Gasteiger partial charge in [-0.25, -0.2) is 4.79 Å². The number of aliphatic hydroxyl groups is 3. The molecule has 2 heterocycles. The molecule has 4 rings (SSSR count). The minimum Gasteiger partial charge on any atom is -0.461 e. The Morgan fingerprint density at radius 2 is 1.80 bits per heavy atom. The normalized spacial score (nSPS) is 44.9. The molecule has 0 radical (unpaired) electrons. The fourth-order valence-corrected chi connectivity index (χ4v) is 5.47. The summed E-state index contributed by atoms with van der Waals surface area (Å²) in [5.41, 5.74) is -1.68. The van der Waals surface area contributed by atoms with Crippen LogP contribution >= 0.6 is 0 Å². The van der Waals surface area contributed by atoms with Gasteiger partial charge in [-0.2, -0.15) is 0 Å². The van der Waals surface area contributed by atoms with E-state index >= 15 is 0 Å². The Labute approximate surface area is 144 Å². The van der Waals surface area contributed by atoms with Crippen LogP contribution in [0.1, 0.15) is 37.7 Å². The van der Waals surface area contributed by atoms with Crippen molar-refractivity contribution in [2.24, 2.45) is 11.3 Å². The summed E-state index contributed by atoms with van der Waals surface area (Å²) in [7, 11) is 0. The van der Waals surface area contributed by atoms with Crippen LogP contribution in [0.2, 0.25) is 0 Å². The molecule has 1 saturated heterocycles. The summed E-state index contributed by atoms with van der Waals surface area (Å²) >= 11 is 0. The molecule has 0 spiro atoms. The Balaban J connectivity index is 2.04. The molecule has 136 valence electrons. The van der Waals surface area contributed by atoms with Crippen molar-refractivity contribution in [3.05, 3.63) is 33.4 Å². The third kappa shape index (κ3) is 1.76. The maximum absolute atomic E-state index is 12.6. The summed E-state index contributed by atoms with van der Waals surface area (Å²) in [5, 5.41) is 31.9. The van der Waals surface area contributed by atoms with Gasteiger partial charge in [-0.15, -0.1) is 0 Å². The highest BCUT2D eigenvalue weighted by molar-refractivity contribution is 5.82. The number of esters is 1. The van der Waals surface area contributed by atoms with Crippen LogP contribution in [0, 0.1) is 11.3 Å². The molecule has 25 heavy (non-hydrogen) atoms. The van der Waals surface area contributed by atoms with Gasteiger partial charge in [-0.3, -0.25) is 4.79 Å². The van der Waals surface area contributed by atoms with Gasteiger partial charge in [0.05, 0.1) is 12.2 Å². The maximum atomic E-state index is 12.6. The summed E-state index contributed by atoms with van der Waals surface area (Å²) < 4.78 is 10.9. The molecule has 7 atom stereocenters. The number of fused-ring (bicyclic) bond motifs is 2. The Hall–Kier alpha value is -1.70. The van der Waals surface area contributed by atoms with Gasteiger partial charge in [0.2, 0.25) is 0 Å². The highest BCUT2D eigenvalue weighted by atomic mass is 16.6. The van der Waals surface area contributed by atoms with Crippen molar-refractivity contribution in [1.29, 1.82) is 0 Å². The molecule has 1 saturated carbocycles. The van der Waals surface area contributed by atoms with Crippen LogP contribution in [0.15, 0.2) is 15.3 Å².